The van der Waals surface area contributed by atoms with Crippen LogP contribution in [0.3, 0.4) is 0 Å². The van der Waals surface area contributed by atoms with Gasteiger partial charge in [0.25, 0.3) is 0 Å². The van der Waals surface area contributed by atoms with Crippen LogP contribution in [0.15, 0.2) is 46.9 Å². The van der Waals surface area contributed by atoms with Gasteiger partial charge in [-0.05, 0) is 42.6 Å². The van der Waals surface area contributed by atoms with Gasteiger partial charge in [-0.2, -0.15) is 0 Å². The molecule has 0 radical (unpaired) electrons. The molecule has 3 nitrogen and oxygen atoms in total. The molecule has 2 aromatic heterocycles. The first-order chi connectivity index (χ1) is 10.3. The molecule has 0 atom stereocenters. The second-order valence-electron chi connectivity index (χ2n) is 4.43. The highest BCUT2D eigenvalue weighted by Crippen LogP contribution is 2.27. The molecule has 3 aromatic rings. The molecule has 3 rings (SSSR count). The lowest BCUT2D eigenvalue weighted by Crippen LogP contribution is -1.99. The van der Waals surface area contributed by atoms with Crippen LogP contribution in [0.4, 0.5) is 4.39 Å². The number of thiophene rings is 1. The average molecular weight is 319 g/mol. The minimum atomic E-state index is -0.242. The summed E-state index contributed by atoms with van der Waals surface area (Å²) >= 11 is 3.41. The minimum absolute atomic E-state index is 0.242. The van der Waals surface area contributed by atoms with Crippen LogP contribution >= 0.6 is 23.1 Å². The fourth-order valence-corrected chi connectivity index (χ4v) is 3.80. The number of benzene rings is 1. The molecule has 108 valence electrons. The van der Waals surface area contributed by atoms with Crippen molar-refractivity contribution >= 4 is 23.1 Å². The molecule has 6 heteroatoms. The molecule has 0 aliphatic rings. The van der Waals surface area contributed by atoms with Crippen LogP contribution in [0.1, 0.15) is 11.8 Å². The SMILES string of the molecule is CCn1c(SCc2cccs2)nnc1-c1ccc(F)cc1. The third kappa shape index (κ3) is 3.16. The van der Waals surface area contributed by atoms with Crippen LogP contribution in [0.5, 0.6) is 0 Å². The maximum Gasteiger partial charge on any atom is 0.191 e. The smallest absolute Gasteiger partial charge is 0.191 e. The summed E-state index contributed by atoms with van der Waals surface area (Å²) in [5.41, 5.74) is 0.883. The van der Waals surface area contributed by atoms with Crippen molar-refractivity contribution in [1.29, 1.82) is 0 Å². The van der Waals surface area contributed by atoms with Crippen molar-refractivity contribution in [3.63, 3.8) is 0 Å². The number of nitrogens with zero attached hydrogens (tertiary/aromatic N) is 3. The highest BCUT2D eigenvalue weighted by molar-refractivity contribution is 7.98. The minimum Gasteiger partial charge on any atom is -0.302 e. The van der Waals surface area contributed by atoms with Crippen molar-refractivity contribution in [3.05, 3.63) is 52.5 Å². The second kappa shape index (κ2) is 6.41. The Bertz CT molecular complexity index is 705. The molecule has 0 saturated carbocycles. The summed E-state index contributed by atoms with van der Waals surface area (Å²) in [6.45, 7) is 2.85. The van der Waals surface area contributed by atoms with E-state index >= 15 is 0 Å². The van der Waals surface area contributed by atoms with Gasteiger partial charge in [0.05, 0.1) is 0 Å². The Morgan fingerprint density at radius 2 is 2.00 bits per heavy atom. The lowest BCUT2D eigenvalue weighted by Gasteiger charge is -2.06. The van der Waals surface area contributed by atoms with E-state index < -0.39 is 0 Å². The molecule has 0 aliphatic carbocycles. The molecular weight excluding hydrogens is 305 g/mol. The molecule has 2 heterocycles. The van der Waals surface area contributed by atoms with E-state index in [0.717, 1.165) is 28.8 Å². The summed E-state index contributed by atoms with van der Waals surface area (Å²) in [5, 5.41) is 11.5. The van der Waals surface area contributed by atoms with Gasteiger partial charge in [0.1, 0.15) is 5.82 Å². The van der Waals surface area contributed by atoms with Gasteiger partial charge < -0.3 is 4.57 Å². The first-order valence-electron chi connectivity index (χ1n) is 6.62. The highest BCUT2D eigenvalue weighted by Gasteiger charge is 2.13. The number of halogens is 1. The van der Waals surface area contributed by atoms with Crippen LogP contribution in [0.25, 0.3) is 11.4 Å². The molecule has 1 aromatic carbocycles. The maximum absolute atomic E-state index is 13.0. The molecule has 0 spiro atoms. The topological polar surface area (TPSA) is 30.7 Å². The van der Waals surface area contributed by atoms with Gasteiger partial charge in [0, 0.05) is 22.7 Å². The normalized spacial score (nSPS) is 11.0. The molecule has 21 heavy (non-hydrogen) atoms. The monoisotopic (exact) mass is 319 g/mol. The summed E-state index contributed by atoms with van der Waals surface area (Å²) in [6.07, 6.45) is 0. The maximum atomic E-state index is 13.0. The summed E-state index contributed by atoms with van der Waals surface area (Å²) in [7, 11) is 0. The summed E-state index contributed by atoms with van der Waals surface area (Å²) in [6, 6.07) is 10.5. The molecule has 0 amide bonds. The predicted octanol–water partition coefficient (Wildman–Crippen LogP) is 4.46. The van der Waals surface area contributed by atoms with Crippen molar-refractivity contribution in [2.45, 2.75) is 24.4 Å². The van der Waals surface area contributed by atoms with E-state index in [4.69, 9.17) is 0 Å². The fraction of sp³-hybridized carbons (Fsp3) is 0.200. The molecule has 0 fully saturated rings. The molecular formula is C15H14FN3S2. The lowest BCUT2D eigenvalue weighted by molar-refractivity contribution is 0.627. The van der Waals surface area contributed by atoms with Gasteiger partial charge in [0.15, 0.2) is 11.0 Å². The van der Waals surface area contributed by atoms with E-state index in [-0.39, 0.29) is 5.82 Å². The Hall–Kier alpha value is -1.66. The van der Waals surface area contributed by atoms with Crippen molar-refractivity contribution < 1.29 is 4.39 Å². The van der Waals surface area contributed by atoms with Crippen molar-refractivity contribution in [1.82, 2.24) is 14.8 Å². The fourth-order valence-electron chi connectivity index (χ4n) is 2.02. The molecule has 0 unspecified atom stereocenters. The standard InChI is InChI=1S/C15H14FN3S2/c1-2-19-14(11-5-7-12(16)8-6-11)17-18-15(19)21-10-13-4-3-9-20-13/h3-9H,2,10H2,1H3. The lowest BCUT2D eigenvalue weighted by atomic mass is 10.2. The van der Waals surface area contributed by atoms with Gasteiger partial charge in [-0.15, -0.1) is 21.5 Å². The first kappa shape index (κ1) is 14.3. The van der Waals surface area contributed by atoms with Gasteiger partial charge >= 0.3 is 0 Å². The Balaban J connectivity index is 1.84. The van der Waals surface area contributed by atoms with Gasteiger partial charge in [-0.1, -0.05) is 17.8 Å². The van der Waals surface area contributed by atoms with Gasteiger partial charge in [-0.3, -0.25) is 0 Å². The van der Waals surface area contributed by atoms with Crippen LogP contribution in [0.2, 0.25) is 0 Å². The zero-order valence-corrected chi connectivity index (χ0v) is 13.1. The molecule has 0 N–H and O–H groups in total. The molecule has 0 aliphatic heterocycles. The largest absolute Gasteiger partial charge is 0.302 e. The van der Waals surface area contributed by atoms with Crippen molar-refractivity contribution in [2.24, 2.45) is 0 Å². The Morgan fingerprint density at radius 3 is 2.67 bits per heavy atom. The molecule has 0 bridgehead atoms. The zero-order valence-electron chi connectivity index (χ0n) is 11.5. The number of rotatable bonds is 5. The van der Waals surface area contributed by atoms with Gasteiger partial charge in [-0.25, -0.2) is 4.39 Å². The number of hydrogen-bond donors (Lipinski definition) is 0. The third-order valence-corrected chi connectivity index (χ3v) is 5.13. The van der Waals surface area contributed by atoms with E-state index in [2.05, 4.69) is 39.2 Å². The number of thioether (sulfide) groups is 1. The Kier molecular flexibility index (Phi) is 4.36. The number of hydrogen-bond acceptors (Lipinski definition) is 4. The Labute approximate surface area is 130 Å². The van der Waals surface area contributed by atoms with Crippen LogP contribution in [-0.4, -0.2) is 14.8 Å². The predicted molar refractivity (Wildman–Crippen MR) is 85.0 cm³/mol. The van der Waals surface area contributed by atoms with E-state index in [1.807, 2.05) is 0 Å². The van der Waals surface area contributed by atoms with E-state index in [1.165, 1.54) is 17.0 Å². The van der Waals surface area contributed by atoms with Crippen LogP contribution in [-0.2, 0) is 12.3 Å². The van der Waals surface area contributed by atoms with E-state index in [9.17, 15) is 4.39 Å². The quantitative estimate of drug-likeness (QED) is 0.651. The van der Waals surface area contributed by atoms with Crippen molar-refractivity contribution in [3.8, 4) is 11.4 Å². The zero-order chi connectivity index (χ0) is 14.7. The van der Waals surface area contributed by atoms with Gasteiger partial charge in [0.2, 0.25) is 0 Å². The Morgan fingerprint density at radius 1 is 1.19 bits per heavy atom. The summed E-state index contributed by atoms with van der Waals surface area (Å²) in [5.74, 6) is 1.43. The third-order valence-electron chi connectivity index (χ3n) is 3.06. The summed E-state index contributed by atoms with van der Waals surface area (Å²) in [4.78, 5) is 1.31. The van der Waals surface area contributed by atoms with Crippen LogP contribution in [0, 0.1) is 5.82 Å². The van der Waals surface area contributed by atoms with E-state index in [0.29, 0.717) is 0 Å². The molecule has 0 saturated heterocycles. The first-order valence-corrected chi connectivity index (χ1v) is 8.48. The summed E-state index contributed by atoms with van der Waals surface area (Å²) < 4.78 is 15.1. The number of aromatic nitrogens is 3. The average Bonchev–Trinajstić information content (AvgIpc) is 3.15. The second-order valence-corrected chi connectivity index (χ2v) is 6.40. The van der Waals surface area contributed by atoms with Crippen molar-refractivity contribution in [2.75, 3.05) is 0 Å². The highest BCUT2D eigenvalue weighted by atomic mass is 32.2. The van der Waals surface area contributed by atoms with E-state index in [1.54, 1.807) is 35.2 Å². The van der Waals surface area contributed by atoms with Crippen LogP contribution < -0.4 is 0 Å².